The molecule has 0 rings (SSSR count). The Morgan fingerprint density at radius 1 is 1.75 bits per heavy atom. The lowest BCUT2D eigenvalue weighted by Gasteiger charge is -1.96. The number of hydrogen-bond acceptors (Lipinski definition) is 3. The summed E-state index contributed by atoms with van der Waals surface area (Å²) in [5, 5.41) is 2.97. The Morgan fingerprint density at radius 3 is 2.75 bits per heavy atom. The highest BCUT2D eigenvalue weighted by Crippen LogP contribution is 1.79. The van der Waals surface area contributed by atoms with Crippen LogP contribution >= 0.6 is 0 Å². The average molecular weight is 115 g/mol. The van der Waals surface area contributed by atoms with Crippen molar-refractivity contribution in [2.24, 2.45) is 5.84 Å². The largest absolute Gasteiger partial charge is 0.392 e. The van der Waals surface area contributed by atoms with E-state index < -0.39 is 0 Å². The number of nitrogens with two attached hydrogens (primary N) is 1. The van der Waals surface area contributed by atoms with Crippen molar-refractivity contribution in [3.63, 3.8) is 0 Å². The Bertz CT molecular complexity index is 77.7. The van der Waals surface area contributed by atoms with Crippen molar-refractivity contribution in [2.45, 2.75) is 6.92 Å². The fraction of sp³-hybridized carbons (Fsp3) is 0.600. The Hall–Kier alpha value is -0.540. The molecule has 0 atom stereocenters. The minimum absolute atomic E-state index is 0.715. The first-order valence-corrected chi connectivity index (χ1v) is 2.59. The predicted molar refractivity (Wildman–Crippen MR) is 35.0 cm³/mol. The van der Waals surface area contributed by atoms with E-state index in [0.717, 1.165) is 5.70 Å². The predicted octanol–water partition coefficient (Wildman–Crippen LogP) is -0.427. The summed E-state index contributed by atoms with van der Waals surface area (Å²) in [5.41, 5.74) is 3.64. The molecule has 48 valence electrons. The van der Waals surface area contributed by atoms with E-state index in [1.54, 1.807) is 0 Å². The van der Waals surface area contributed by atoms with E-state index >= 15 is 0 Å². The van der Waals surface area contributed by atoms with Crippen LogP contribution in [0.3, 0.4) is 0 Å². The molecule has 0 aliphatic rings. The van der Waals surface area contributed by atoms with Gasteiger partial charge in [0.15, 0.2) is 0 Å². The van der Waals surface area contributed by atoms with Crippen molar-refractivity contribution in [1.82, 2.24) is 10.7 Å². The van der Waals surface area contributed by atoms with Gasteiger partial charge in [-0.1, -0.05) is 6.08 Å². The second kappa shape index (κ2) is 4.61. The summed E-state index contributed by atoms with van der Waals surface area (Å²) in [7, 11) is 1.88. The average Bonchev–Trinajstić information content (AvgIpc) is 1.83. The molecule has 0 aromatic carbocycles. The van der Waals surface area contributed by atoms with Gasteiger partial charge in [0.1, 0.15) is 0 Å². The van der Waals surface area contributed by atoms with Gasteiger partial charge in [-0.05, 0) is 6.92 Å². The maximum atomic E-state index is 5.01. The maximum Gasteiger partial charge on any atom is 0.0298 e. The van der Waals surface area contributed by atoms with E-state index in [2.05, 4.69) is 10.7 Å². The Kier molecular flexibility index (Phi) is 4.30. The first-order chi connectivity index (χ1) is 3.81. The van der Waals surface area contributed by atoms with E-state index in [-0.39, 0.29) is 0 Å². The molecule has 0 saturated carbocycles. The molecule has 0 spiro atoms. The first-order valence-electron chi connectivity index (χ1n) is 2.59. The Morgan fingerprint density at radius 2 is 2.38 bits per heavy atom. The van der Waals surface area contributed by atoms with Crippen LogP contribution in [0.4, 0.5) is 0 Å². The highest BCUT2D eigenvalue weighted by molar-refractivity contribution is 4.94. The van der Waals surface area contributed by atoms with Crippen LogP contribution in [-0.4, -0.2) is 13.6 Å². The van der Waals surface area contributed by atoms with Crippen molar-refractivity contribution in [3.8, 4) is 0 Å². The minimum atomic E-state index is 0.715. The number of hydrazine groups is 1. The van der Waals surface area contributed by atoms with E-state index in [9.17, 15) is 0 Å². The van der Waals surface area contributed by atoms with Crippen molar-refractivity contribution < 1.29 is 0 Å². The fourth-order valence-electron chi connectivity index (χ4n) is 0.314. The molecule has 0 heterocycles. The summed E-state index contributed by atoms with van der Waals surface area (Å²) in [6, 6.07) is 0. The van der Waals surface area contributed by atoms with Gasteiger partial charge in [-0.15, -0.1) is 0 Å². The Labute approximate surface area is 49.9 Å². The molecule has 3 heteroatoms. The molecule has 8 heavy (non-hydrogen) atoms. The van der Waals surface area contributed by atoms with Crippen LogP contribution in [0.25, 0.3) is 0 Å². The molecule has 0 bridgehead atoms. The molecule has 0 amide bonds. The summed E-state index contributed by atoms with van der Waals surface area (Å²) < 4.78 is 0. The third-order valence-electron chi connectivity index (χ3n) is 0.920. The van der Waals surface area contributed by atoms with Gasteiger partial charge in [-0.3, -0.25) is 11.3 Å². The van der Waals surface area contributed by atoms with Gasteiger partial charge in [-0.2, -0.15) is 0 Å². The molecule has 0 saturated heterocycles. The third-order valence-corrected chi connectivity index (χ3v) is 0.920. The Balaban J connectivity index is 3.26. The van der Waals surface area contributed by atoms with Crippen LogP contribution in [0, 0.1) is 0 Å². The molecule has 0 fully saturated rings. The lowest BCUT2D eigenvalue weighted by molar-refractivity contribution is 0.810. The summed E-state index contributed by atoms with van der Waals surface area (Å²) in [5.74, 6) is 5.01. The highest BCUT2D eigenvalue weighted by Gasteiger charge is 1.77. The van der Waals surface area contributed by atoms with Crippen LogP contribution in [-0.2, 0) is 0 Å². The summed E-state index contributed by atoms with van der Waals surface area (Å²) in [6.45, 7) is 2.70. The third kappa shape index (κ3) is 3.64. The number of allylic oxidation sites excluding steroid dienone is 1. The van der Waals surface area contributed by atoms with Crippen LogP contribution in [0.15, 0.2) is 11.8 Å². The topological polar surface area (TPSA) is 50.1 Å². The molecular weight excluding hydrogens is 102 g/mol. The molecule has 0 radical (unpaired) electrons. The zero-order valence-corrected chi connectivity index (χ0v) is 5.36. The van der Waals surface area contributed by atoms with Crippen LogP contribution in [0.5, 0.6) is 0 Å². The van der Waals surface area contributed by atoms with Gasteiger partial charge >= 0.3 is 0 Å². The molecule has 4 N–H and O–H groups in total. The van der Waals surface area contributed by atoms with E-state index in [0.29, 0.717) is 6.54 Å². The monoisotopic (exact) mass is 115 g/mol. The quantitative estimate of drug-likeness (QED) is 0.345. The van der Waals surface area contributed by atoms with Gasteiger partial charge in [0.2, 0.25) is 0 Å². The van der Waals surface area contributed by atoms with Crippen molar-refractivity contribution >= 4 is 0 Å². The minimum Gasteiger partial charge on any atom is -0.392 e. The van der Waals surface area contributed by atoms with E-state index in [1.165, 1.54) is 0 Å². The fourth-order valence-corrected chi connectivity index (χ4v) is 0.314. The first kappa shape index (κ1) is 7.46. The molecule has 0 aliphatic heterocycles. The standard InChI is InChI=1S/C5H13N3/c1-5(7-2)3-4-8-6/h3,7-8H,4,6H2,1-2H3/b5-3-. The van der Waals surface area contributed by atoms with E-state index in [4.69, 9.17) is 5.84 Å². The van der Waals surface area contributed by atoms with Crippen LogP contribution < -0.4 is 16.6 Å². The van der Waals surface area contributed by atoms with Crippen molar-refractivity contribution in [2.75, 3.05) is 13.6 Å². The van der Waals surface area contributed by atoms with E-state index in [1.807, 2.05) is 20.0 Å². The second-order valence-electron chi connectivity index (χ2n) is 1.55. The molecular formula is C5H13N3. The normalized spacial score (nSPS) is 11.6. The molecule has 0 aromatic rings. The molecule has 0 aliphatic carbocycles. The number of hydrogen-bond donors (Lipinski definition) is 3. The number of nitrogens with one attached hydrogen (secondary N) is 2. The van der Waals surface area contributed by atoms with Crippen LogP contribution in [0.2, 0.25) is 0 Å². The maximum absolute atomic E-state index is 5.01. The molecule has 0 aromatic heterocycles. The number of rotatable bonds is 3. The molecule has 0 unspecified atom stereocenters. The summed E-state index contributed by atoms with van der Waals surface area (Å²) in [6.07, 6.45) is 1.97. The lowest BCUT2D eigenvalue weighted by Crippen LogP contribution is -2.22. The zero-order valence-electron chi connectivity index (χ0n) is 5.36. The summed E-state index contributed by atoms with van der Waals surface area (Å²) in [4.78, 5) is 0. The highest BCUT2D eigenvalue weighted by atomic mass is 15.2. The SMILES string of the molecule is CN/C(C)=C\CNN. The van der Waals surface area contributed by atoms with Crippen LogP contribution in [0.1, 0.15) is 6.92 Å². The van der Waals surface area contributed by atoms with Gasteiger partial charge in [0.05, 0.1) is 0 Å². The van der Waals surface area contributed by atoms with Gasteiger partial charge in [0, 0.05) is 19.3 Å². The van der Waals surface area contributed by atoms with Crippen molar-refractivity contribution in [1.29, 1.82) is 0 Å². The summed E-state index contributed by atoms with van der Waals surface area (Å²) >= 11 is 0. The second-order valence-corrected chi connectivity index (χ2v) is 1.55. The smallest absolute Gasteiger partial charge is 0.0298 e. The van der Waals surface area contributed by atoms with Gasteiger partial charge < -0.3 is 5.32 Å². The van der Waals surface area contributed by atoms with Gasteiger partial charge in [0.25, 0.3) is 0 Å². The zero-order chi connectivity index (χ0) is 6.41. The molecule has 3 nitrogen and oxygen atoms in total. The van der Waals surface area contributed by atoms with Crippen molar-refractivity contribution in [3.05, 3.63) is 11.8 Å². The lowest BCUT2D eigenvalue weighted by atomic mass is 10.4. The van der Waals surface area contributed by atoms with Gasteiger partial charge in [-0.25, -0.2) is 0 Å².